The highest BCUT2D eigenvalue weighted by Gasteiger charge is 2.12. The molecule has 0 saturated heterocycles. The van der Waals surface area contributed by atoms with Gasteiger partial charge in [0.05, 0.1) is 9.40 Å². The van der Waals surface area contributed by atoms with Crippen molar-refractivity contribution in [2.75, 3.05) is 0 Å². The first-order chi connectivity index (χ1) is 9.80. The minimum absolute atomic E-state index is 0.697. The van der Waals surface area contributed by atoms with Crippen LogP contribution in [0, 0.1) is 0 Å². The summed E-state index contributed by atoms with van der Waals surface area (Å²) in [5.41, 5.74) is 1.39. The molecule has 0 radical (unpaired) electrons. The summed E-state index contributed by atoms with van der Waals surface area (Å²) in [6.45, 7) is 0. The molecule has 4 rings (SSSR count). The Balaban J connectivity index is 2.18. The van der Waals surface area contributed by atoms with Crippen molar-refractivity contribution in [1.82, 2.24) is 0 Å². The normalized spacial score (nSPS) is 11.4. The number of carbonyl (C=O) groups is 2. The molecule has 96 valence electrons. The summed E-state index contributed by atoms with van der Waals surface area (Å²) in [5.74, 6) is 0. The van der Waals surface area contributed by atoms with Crippen LogP contribution in [-0.2, 0) is 0 Å². The van der Waals surface area contributed by atoms with E-state index in [4.69, 9.17) is 0 Å². The summed E-state index contributed by atoms with van der Waals surface area (Å²) in [6, 6.07) is 11.6. The zero-order valence-electron chi connectivity index (χ0n) is 10.3. The van der Waals surface area contributed by atoms with E-state index in [-0.39, 0.29) is 0 Å². The number of hydrogen-bond donors (Lipinski definition) is 0. The number of hydrogen-bond acceptors (Lipinski definition) is 4. The minimum Gasteiger partial charge on any atom is -0.298 e. The number of carbonyl (C=O) groups excluding carboxylic acids is 2. The van der Waals surface area contributed by atoms with Crippen LogP contribution in [0.1, 0.15) is 20.7 Å². The number of fused-ring (bicyclic) bond motifs is 5. The Morgan fingerprint density at radius 1 is 0.700 bits per heavy atom. The van der Waals surface area contributed by atoms with Crippen LogP contribution in [-0.4, -0.2) is 12.6 Å². The Bertz CT molecular complexity index is 910. The average molecular weight is 296 g/mol. The van der Waals surface area contributed by atoms with Crippen molar-refractivity contribution < 1.29 is 9.59 Å². The van der Waals surface area contributed by atoms with Gasteiger partial charge in [0.25, 0.3) is 0 Å². The molecule has 0 aliphatic heterocycles. The van der Waals surface area contributed by atoms with Crippen LogP contribution in [0.5, 0.6) is 0 Å². The third-order valence-corrected chi connectivity index (χ3v) is 5.94. The van der Waals surface area contributed by atoms with E-state index >= 15 is 0 Å². The number of thiophene rings is 2. The van der Waals surface area contributed by atoms with E-state index in [0.717, 1.165) is 23.3 Å². The third-order valence-electron chi connectivity index (χ3n) is 3.40. The molecule has 4 heteroatoms. The van der Waals surface area contributed by atoms with Crippen LogP contribution in [0.15, 0.2) is 36.4 Å². The molecule has 2 aromatic carbocycles. The summed E-state index contributed by atoms with van der Waals surface area (Å²) in [7, 11) is 0. The van der Waals surface area contributed by atoms with E-state index in [1.807, 2.05) is 36.4 Å². The zero-order valence-corrected chi connectivity index (χ0v) is 11.9. The predicted molar refractivity (Wildman–Crippen MR) is 85.5 cm³/mol. The first-order valence-corrected chi connectivity index (χ1v) is 7.72. The largest absolute Gasteiger partial charge is 0.298 e. The molecular weight excluding hydrogens is 288 g/mol. The molecule has 2 aromatic heterocycles. The van der Waals surface area contributed by atoms with Gasteiger partial charge in [0, 0.05) is 31.3 Å². The van der Waals surface area contributed by atoms with Gasteiger partial charge >= 0.3 is 0 Å². The second-order valence-corrected chi connectivity index (χ2v) is 6.71. The molecule has 0 fully saturated rings. The molecular formula is C16H8O2S2. The first-order valence-electron chi connectivity index (χ1n) is 6.09. The fourth-order valence-corrected chi connectivity index (χ4v) is 5.04. The molecule has 0 bridgehead atoms. The van der Waals surface area contributed by atoms with Gasteiger partial charge in [-0.3, -0.25) is 9.59 Å². The van der Waals surface area contributed by atoms with Gasteiger partial charge in [-0.05, 0) is 24.3 Å². The van der Waals surface area contributed by atoms with Crippen LogP contribution in [0.2, 0.25) is 0 Å². The van der Waals surface area contributed by atoms with Gasteiger partial charge in [-0.1, -0.05) is 12.1 Å². The third kappa shape index (κ3) is 1.55. The summed E-state index contributed by atoms with van der Waals surface area (Å²) in [4.78, 5) is 21.9. The highest BCUT2D eigenvalue weighted by Crippen LogP contribution is 2.44. The second-order valence-electron chi connectivity index (χ2n) is 4.61. The summed E-state index contributed by atoms with van der Waals surface area (Å²) in [5, 5.41) is 2.26. The van der Waals surface area contributed by atoms with E-state index in [9.17, 15) is 9.59 Å². The van der Waals surface area contributed by atoms with Crippen molar-refractivity contribution in [3.8, 4) is 0 Å². The van der Waals surface area contributed by atoms with Gasteiger partial charge in [0.15, 0.2) is 0 Å². The molecule has 0 N–H and O–H groups in total. The smallest absolute Gasteiger partial charge is 0.150 e. The fourth-order valence-electron chi connectivity index (χ4n) is 2.44. The maximum atomic E-state index is 10.9. The zero-order chi connectivity index (χ0) is 13.7. The molecule has 0 spiro atoms. The van der Waals surface area contributed by atoms with Crippen molar-refractivity contribution in [1.29, 1.82) is 0 Å². The van der Waals surface area contributed by atoms with Gasteiger partial charge in [-0.2, -0.15) is 0 Å². The Morgan fingerprint density at radius 2 is 1.15 bits per heavy atom. The van der Waals surface area contributed by atoms with Gasteiger partial charge in [-0.25, -0.2) is 0 Å². The van der Waals surface area contributed by atoms with E-state index < -0.39 is 0 Å². The average Bonchev–Trinajstić information content (AvgIpc) is 3.02. The van der Waals surface area contributed by atoms with Crippen LogP contribution < -0.4 is 0 Å². The fraction of sp³-hybridized carbons (Fsp3) is 0. The van der Waals surface area contributed by atoms with Gasteiger partial charge in [-0.15, -0.1) is 22.7 Å². The minimum atomic E-state index is 0.697. The molecule has 0 saturated carbocycles. The standard InChI is InChI=1S/C16H8O2S2/c17-7-9-1-3-13-11(5-9)15-16(19-13)12-6-10(8-18)2-4-14(12)20-15/h1-8H. The number of benzene rings is 2. The van der Waals surface area contributed by atoms with Crippen molar-refractivity contribution in [3.63, 3.8) is 0 Å². The molecule has 0 atom stereocenters. The van der Waals surface area contributed by atoms with Crippen molar-refractivity contribution >= 4 is 64.8 Å². The molecule has 0 aliphatic carbocycles. The Kier molecular flexibility index (Phi) is 2.49. The molecule has 20 heavy (non-hydrogen) atoms. The van der Waals surface area contributed by atoms with Crippen LogP contribution in [0.3, 0.4) is 0 Å². The summed E-state index contributed by atoms with van der Waals surface area (Å²) in [6.07, 6.45) is 1.75. The Morgan fingerprint density at radius 3 is 1.55 bits per heavy atom. The van der Waals surface area contributed by atoms with Crippen molar-refractivity contribution in [2.45, 2.75) is 0 Å². The quantitative estimate of drug-likeness (QED) is 0.493. The van der Waals surface area contributed by atoms with Crippen LogP contribution in [0.25, 0.3) is 29.6 Å². The number of aldehydes is 2. The maximum absolute atomic E-state index is 10.9. The summed E-state index contributed by atoms with van der Waals surface area (Å²) < 4.78 is 4.75. The Labute approximate surface area is 122 Å². The second kappa shape index (κ2) is 4.23. The van der Waals surface area contributed by atoms with E-state index in [0.29, 0.717) is 11.1 Å². The van der Waals surface area contributed by atoms with Gasteiger partial charge in [0.1, 0.15) is 12.6 Å². The molecule has 0 unspecified atom stereocenters. The van der Waals surface area contributed by atoms with Gasteiger partial charge < -0.3 is 0 Å². The Hall–Kier alpha value is -2.04. The predicted octanol–water partition coefficient (Wildman–Crippen LogP) is 4.89. The lowest BCUT2D eigenvalue weighted by Crippen LogP contribution is -1.76. The maximum Gasteiger partial charge on any atom is 0.150 e. The molecule has 2 nitrogen and oxygen atoms in total. The van der Waals surface area contributed by atoms with Gasteiger partial charge in [0.2, 0.25) is 0 Å². The monoisotopic (exact) mass is 296 g/mol. The molecule has 0 amide bonds. The SMILES string of the molecule is O=Cc1ccc2sc3c4cc(C=O)ccc4sc3c2c1. The topological polar surface area (TPSA) is 34.1 Å². The summed E-state index contributed by atoms with van der Waals surface area (Å²) >= 11 is 3.43. The molecule has 0 aliphatic rings. The van der Waals surface area contributed by atoms with Crippen molar-refractivity contribution in [3.05, 3.63) is 47.5 Å². The van der Waals surface area contributed by atoms with Crippen LogP contribution in [0.4, 0.5) is 0 Å². The highest BCUT2D eigenvalue weighted by molar-refractivity contribution is 7.36. The molecule has 2 heterocycles. The lowest BCUT2D eigenvalue weighted by Gasteiger charge is -1.92. The molecule has 4 aromatic rings. The first kappa shape index (κ1) is 11.8. The van der Waals surface area contributed by atoms with E-state index in [1.165, 1.54) is 18.8 Å². The van der Waals surface area contributed by atoms with Crippen molar-refractivity contribution in [2.24, 2.45) is 0 Å². The highest BCUT2D eigenvalue weighted by atomic mass is 32.1. The van der Waals surface area contributed by atoms with Crippen LogP contribution >= 0.6 is 22.7 Å². The lowest BCUT2D eigenvalue weighted by molar-refractivity contribution is 0.111. The lowest BCUT2D eigenvalue weighted by atomic mass is 10.1. The number of rotatable bonds is 2. The van der Waals surface area contributed by atoms with E-state index in [1.54, 1.807) is 22.7 Å². The van der Waals surface area contributed by atoms with E-state index in [2.05, 4.69) is 0 Å².